The average molecular weight is 290 g/mol. The Morgan fingerprint density at radius 3 is 2.89 bits per heavy atom. The van der Waals surface area contributed by atoms with E-state index in [0.717, 1.165) is 19.5 Å². The number of hydrogen-bond donors (Lipinski definition) is 2. The van der Waals surface area contributed by atoms with Gasteiger partial charge in [0.05, 0.1) is 5.56 Å². The number of nitrogens with one attached hydrogen (secondary N) is 2. The molecule has 2 rings (SSSR count). The van der Waals surface area contributed by atoms with E-state index >= 15 is 0 Å². The fourth-order valence-electron chi connectivity index (χ4n) is 1.62. The van der Waals surface area contributed by atoms with Gasteiger partial charge in [-0.15, -0.1) is 24.8 Å². The zero-order valence-corrected chi connectivity index (χ0v) is 11.5. The number of amides is 1. The van der Waals surface area contributed by atoms with Crippen molar-refractivity contribution < 1.29 is 4.79 Å². The van der Waals surface area contributed by atoms with Gasteiger partial charge in [-0.3, -0.25) is 9.78 Å². The quantitative estimate of drug-likeness (QED) is 0.831. The highest BCUT2D eigenvalue weighted by Gasteiger charge is 2.07. The van der Waals surface area contributed by atoms with E-state index in [4.69, 9.17) is 0 Å². The highest BCUT2D eigenvalue weighted by Crippen LogP contribution is 2.03. The Bertz CT molecular complexity index is 396. The molecule has 0 atom stereocenters. The Balaban J connectivity index is 0.00000144. The maximum Gasteiger partial charge on any atom is 0.253 e. The fourth-order valence-corrected chi connectivity index (χ4v) is 1.62. The highest BCUT2D eigenvalue weighted by atomic mass is 35.5. The van der Waals surface area contributed by atoms with Crippen LogP contribution in [0.3, 0.4) is 0 Å². The normalized spacial score (nSPS) is 13.7. The Morgan fingerprint density at radius 1 is 1.44 bits per heavy atom. The summed E-state index contributed by atoms with van der Waals surface area (Å²) in [6.07, 6.45) is 6.37. The van der Waals surface area contributed by atoms with Gasteiger partial charge >= 0.3 is 0 Å². The highest BCUT2D eigenvalue weighted by molar-refractivity contribution is 5.93. The third kappa shape index (κ3) is 5.04. The zero-order chi connectivity index (χ0) is 11.2. The van der Waals surface area contributed by atoms with Crippen LogP contribution in [0.1, 0.15) is 16.8 Å². The van der Waals surface area contributed by atoms with E-state index in [9.17, 15) is 4.79 Å². The molecule has 2 heterocycles. The summed E-state index contributed by atoms with van der Waals surface area (Å²) in [5, 5.41) is 6.13. The molecule has 1 amide bonds. The minimum atomic E-state index is -0.0625. The first-order valence-electron chi connectivity index (χ1n) is 5.43. The molecule has 100 valence electrons. The molecule has 1 aliphatic heterocycles. The molecule has 2 N–H and O–H groups in total. The van der Waals surface area contributed by atoms with Crippen LogP contribution in [0.4, 0.5) is 0 Å². The van der Waals surface area contributed by atoms with Gasteiger partial charge in [0.15, 0.2) is 0 Å². The van der Waals surface area contributed by atoms with E-state index in [1.807, 2.05) is 0 Å². The summed E-state index contributed by atoms with van der Waals surface area (Å²) in [6, 6.07) is 3.53. The molecular weight excluding hydrogens is 273 g/mol. The Hall–Kier alpha value is -1.10. The number of carbonyl (C=O) groups is 1. The van der Waals surface area contributed by atoms with Crippen LogP contribution < -0.4 is 10.6 Å². The van der Waals surface area contributed by atoms with Gasteiger partial charge in [0.25, 0.3) is 5.91 Å². The molecule has 0 aliphatic carbocycles. The molecule has 1 aromatic rings. The van der Waals surface area contributed by atoms with Crippen LogP contribution in [0.25, 0.3) is 0 Å². The predicted octanol–water partition coefficient (Wildman–Crippen LogP) is 1.57. The molecule has 4 nitrogen and oxygen atoms in total. The van der Waals surface area contributed by atoms with Crippen molar-refractivity contribution in [3.05, 3.63) is 41.7 Å². The maximum atomic E-state index is 11.7. The Morgan fingerprint density at radius 2 is 2.28 bits per heavy atom. The van der Waals surface area contributed by atoms with Gasteiger partial charge in [-0.05, 0) is 25.1 Å². The monoisotopic (exact) mass is 289 g/mol. The lowest BCUT2D eigenvalue weighted by Crippen LogP contribution is -2.29. The smallest absolute Gasteiger partial charge is 0.253 e. The van der Waals surface area contributed by atoms with Crippen LogP contribution in [-0.4, -0.2) is 30.5 Å². The van der Waals surface area contributed by atoms with Crippen molar-refractivity contribution in [1.82, 2.24) is 15.6 Å². The number of carbonyl (C=O) groups excluding carboxylic acids is 1. The van der Waals surface area contributed by atoms with Crippen LogP contribution in [0.5, 0.6) is 0 Å². The second kappa shape index (κ2) is 8.91. The lowest BCUT2D eigenvalue weighted by molar-refractivity contribution is 0.0956. The van der Waals surface area contributed by atoms with E-state index in [0.29, 0.717) is 12.1 Å². The topological polar surface area (TPSA) is 54.0 Å². The van der Waals surface area contributed by atoms with Crippen molar-refractivity contribution in [2.45, 2.75) is 6.42 Å². The number of aromatic nitrogens is 1. The van der Waals surface area contributed by atoms with Gasteiger partial charge in [-0.2, -0.15) is 0 Å². The van der Waals surface area contributed by atoms with Crippen LogP contribution in [-0.2, 0) is 0 Å². The second-order valence-electron chi connectivity index (χ2n) is 3.74. The first kappa shape index (κ1) is 16.9. The van der Waals surface area contributed by atoms with E-state index in [1.54, 1.807) is 24.5 Å². The van der Waals surface area contributed by atoms with Crippen LogP contribution in [0.15, 0.2) is 36.2 Å². The maximum absolute atomic E-state index is 11.7. The molecule has 0 unspecified atom stereocenters. The molecular formula is C12H17Cl2N3O. The summed E-state index contributed by atoms with van der Waals surface area (Å²) >= 11 is 0. The number of hydrogen-bond acceptors (Lipinski definition) is 3. The molecule has 0 fully saturated rings. The lowest BCUT2D eigenvalue weighted by Gasteiger charge is -2.14. The third-order valence-corrected chi connectivity index (χ3v) is 2.56. The molecule has 0 saturated carbocycles. The molecule has 0 aromatic carbocycles. The van der Waals surface area contributed by atoms with E-state index < -0.39 is 0 Å². The van der Waals surface area contributed by atoms with E-state index in [2.05, 4.69) is 21.7 Å². The van der Waals surface area contributed by atoms with Crippen LogP contribution >= 0.6 is 24.8 Å². The Labute approximate surface area is 119 Å². The first-order valence-corrected chi connectivity index (χ1v) is 5.43. The number of halogens is 2. The lowest BCUT2D eigenvalue weighted by atomic mass is 10.1. The summed E-state index contributed by atoms with van der Waals surface area (Å²) in [6.45, 7) is 2.53. The summed E-state index contributed by atoms with van der Waals surface area (Å²) < 4.78 is 0. The number of nitrogens with zero attached hydrogens (tertiary/aromatic N) is 1. The minimum Gasteiger partial charge on any atom is -0.348 e. The number of pyridine rings is 1. The molecule has 0 saturated heterocycles. The minimum absolute atomic E-state index is 0. The summed E-state index contributed by atoms with van der Waals surface area (Å²) in [5.74, 6) is -0.0625. The molecule has 6 heteroatoms. The zero-order valence-electron chi connectivity index (χ0n) is 9.89. The van der Waals surface area contributed by atoms with Crippen molar-refractivity contribution in [3.8, 4) is 0 Å². The van der Waals surface area contributed by atoms with Crippen LogP contribution in [0, 0.1) is 0 Å². The Kier molecular flexibility index (Phi) is 8.37. The first-order chi connectivity index (χ1) is 7.86. The molecule has 0 radical (unpaired) electrons. The summed E-state index contributed by atoms with van der Waals surface area (Å²) in [4.78, 5) is 15.6. The van der Waals surface area contributed by atoms with Crippen molar-refractivity contribution in [2.24, 2.45) is 0 Å². The van der Waals surface area contributed by atoms with E-state index in [1.165, 1.54) is 5.57 Å². The van der Waals surface area contributed by atoms with Crippen molar-refractivity contribution in [2.75, 3.05) is 19.6 Å². The van der Waals surface area contributed by atoms with Gasteiger partial charge in [0.2, 0.25) is 0 Å². The molecule has 1 aliphatic rings. The average Bonchev–Trinajstić information content (AvgIpc) is 2.38. The summed E-state index contributed by atoms with van der Waals surface area (Å²) in [7, 11) is 0. The van der Waals surface area contributed by atoms with Gasteiger partial charge < -0.3 is 10.6 Å². The van der Waals surface area contributed by atoms with Crippen LogP contribution in [0.2, 0.25) is 0 Å². The molecule has 0 bridgehead atoms. The van der Waals surface area contributed by atoms with Crippen molar-refractivity contribution in [3.63, 3.8) is 0 Å². The molecule has 0 spiro atoms. The van der Waals surface area contributed by atoms with E-state index in [-0.39, 0.29) is 30.7 Å². The molecule has 18 heavy (non-hydrogen) atoms. The third-order valence-electron chi connectivity index (χ3n) is 2.56. The standard InChI is InChI=1S/C12H15N3O.2ClH/c16-12(11-2-1-5-14-9-11)15-8-10-3-6-13-7-4-10;;/h1-3,5,9,13H,4,6-8H2,(H,15,16);2*1H. The number of rotatable bonds is 3. The van der Waals surface area contributed by atoms with Crippen molar-refractivity contribution >= 4 is 30.7 Å². The summed E-state index contributed by atoms with van der Waals surface area (Å²) in [5.41, 5.74) is 1.90. The van der Waals surface area contributed by atoms with Crippen molar-refractivity contribution in [1.29, 1.82) is 0 Å². The largest absolute Gasteiger partial charge is 0.348 e. The van der Waals surface area contributed by atoms with Gasteiger partial charge in [0.1, 0.15) is 0 Å². The second-order valence-corrected chi connectivity index (χ2v) is 3.74. The fraction of sp³-hybridized carbons (Fsp3) is 0.333. The SMILES string of the molecule is Cl.Cl.O=C(NCC1=CCNCC1)c1cccnc1. The predicted molar refractivity (Wildman–Crippen MR) is 76.6 cm³/mol. The van der Waals surface area contributed by atoms with Gasteiger partial charge in [0, 0.05) is 25.5 Å². The van der Waals surface area contributed by atoms with Gasteiger partial charge in [-0.1, -0.05) is 11.6 Å². The van der Waals surface area contributed by atoms with Gasteiger partial charge in [-0.25, -0.2) is 0 Å². The molecule has 1 aromatic heterocycles.